The summed E-state index contributed by atoms with van der Waals surface area (Å²) in [5.41, 5.74) is 1.82. The average Bonchev–Trinajstić information content (AvgIpc) is 3.50. The van der Waals surface area contributed by atoms with E-state index in [1.54, 1.807) is 12.3 Å². The zero-order chi connectivity index (χ0) is 25.4. The highest BCUT2D eigenvalue weighted by molar-refractivity contribution is 5.84. The molecular weight excluding hydrogens is 484 g/mol. The number of imidazole rings is 1. The molecule has 0 unspecified atom stereocenters. The van der Waals surface area contributed by atoms with E-state index in [9.17, 15) is 13.6 Å². The van der Waals surface area contributed by atoms with Gasteiger partial charge in [0.2, 0.25) is 11.8 Å². The molecule has 6 rings (SSSR count). The van der Waals surface area contributed by atoms with E-state index in [1.165, 1.54) is 0 Å². The predicted octanol–water partition coefficient (Wildman–Crippen LogP) is 2.31. The Labute approximate surface area is 212 Å². The minimum absolute atomic E-state index is 0.0223. The Hall–Kier alpha value is -3.38. The molecule has 0 aromatic carbocycles. The number of carbonyl (C=O) groups excluding carboxylic acids is 1. The first-order valence-electron chi connectivity index (χ1n) is 12.6. The molecule has 0 spiro atoms. The van der Waals surface area contributed by atoms with Crippen LogP contribution in [-0.2, 0) is 9.53 Å². The molecule has 3 aromatic rings. The van der Waals surface area contributed by atoms with Crippen LogP contribution in [0.1, 0.15) is 19.4 Å². The maximum absolute atomic E-state index is 13.6. The third-order valence-electron chi connectivity index (χ3n) is 7.38. The van der Waals surface area contributed by atoms with Gasteiger partial charge in [0.25, 0.3) is 0 Å². The number of pyridine rings is 2. The number of hydrogen-bond donors (Lipinski definition) is 1. The topological polar surface area (TPSA) is 97.6 Å². The molecule has 0 radical (unpaired) electrons. The Morgan fingerprint density at radius 1 is 1.16 bits per heavy atom. The molecule has 10 nitrogen and oxygen atoms in total. The van der Waals surface area contributed by atoms with Crippen molar-refractivity contribution in [3.8, 4) is 17.1 Å². The van der Waals surface area contributed by atoms with Crippen LogP contribution >= 0.6 is 0 Å². The smallest absolute Gasteiger partial charge is 0.320 e. The summed E-state index contributed by atoms with van der Waals surface area (Å²) in [6.07, 6.45) is 3.92. The van der Waals surface area contributed by atoms with Gasteiger partial charge < -0.3 is 19.7 Å². The van der Waals surface area contributed by atoms with Crippen molar-refractivity contribution in [2.24, 2.45) is 5.92 Å². The zero-order valence-corrected chi connectivity index (χ0v) is 20.4. The Bertz CT molecular complexity index is 1260. The second-order valence-corrected chi connectivity index (χ2v) is 9.74. The van der Waals surface area contributed by atoms with Gasteiger partial charge >= 0.3 is 6.55 Å². The molecule has 0 bridgehead atoms. The zero-order valence-electron chi connectivity index (χ0n) is 20.4. The van der Waals surface area contributed by atoms with E-state index in [1.807, 2.05) is 12.1 Å². The van der Waals surface area contributed by atoms with Crippen molar-refractivity contribution < 1.29 is 23.0 Å². The van der Waals surface area contributed by atoms with Crippen molar-refractivity contribution >= 4 is 22.8 Å². The van der Waals surface area contributed by atoms with Gasteiger partial charge in [-0.25, -0.2) is 15.0 Å². The van der Waals surface area contributed by atoms with Crippen LogP contribution in [0.5, 0.6) is 5.88 Å². The summed E-state index contributed by atoms with van der Waals surface area (Å²) in [6.45, 7) is 3.50. The molecule has 37 heavy (non-hydrogen) atoms. The molecule has 1 amide bonds. The Kier molecular flexibility index (Phi) is 6.59. The predicted molar refractivity (Wildman–Crippen MR) is 132 cm³/mol. The summed E-state index contributed by atoms with van der Waals surface area (Å²) in [5, 5.41) is 2.80. The number of anilines is 1. The summed E-state index contributed by atoms with van der Waals surface area (Å²) in [5.74, 6) is 1.18. The molecule has 3 saturated heterocycles. The fourth-order valence-electron chi connectivity index (χ4n) is 5.09. The van der Waals surface area contributed by atoms with E-state index in [0.717, 1.165) is 61.7 Å². The van der Waals surface area contributed by atoms with Gasteiger partial charge in [-0.15, -0.1) is 0 Å². The highest BCUT2D eigenvalue weighted by Gasteiger charge is 2.29. The van der Waals surface area contributed by atoms with Crippen molar-refractivity contribution in [1.29, 1.82) is 0 Å². The van der Waals surface area contributed by atoms with Crippen molar-refractivity contribution in [2.75, 3.05) is 57.4 Å². The number of hydrogen-bond acceptors (Lipinski definition) is 8. The first kappa shape index (κ1) is 24.0. The van der Waals surface area contributed by atoms with Gasteiger partial charge in [0.05, 0.1) is 37.1 Å². The normalized spacial score (nSPS) is 21.0. The van der Waals surface area contributed by atoms with Crippen molar-refractivity contribution in [3.05, 3.63) is 30.7 Å². The van der Waals surface area contributed by atoms with Crippen molar-refractivity contribution in [3.63, 3.8) is 0 Å². The van der Waals surface area contributed by atoms with Crippen LogP contribution in [0.25, 0.3) is 22.3 Å². The number of rotatable bonds is 8. The number of piperazine rings is 1. The van der Waals surface area contributed by atoms with Gasteiger partial charge in [0, 0.05) is 50.9 Å². The SMILES string of the molecule is O=C1C[C@@H](CCOc2nc(-c3ccc(N4CCN(C5COC5)CC4)nc3)cc3ncn(C(F)F)c23)CN1. The minimum atomic E-state index is -2.77. The van der Waals surface area contributed by atoms with Crippen LogP contribution in [0.15, 0.2) is 30.7 Å². The maximum atomic E-state index is 13.6. The standard InChI is InChI=1S/C25H29F2N7O3/c26-25(27)34-15-30-20-10-19(31-24(23(20)34)37-8-3-16-9-22(35)29-11-16)17-1-2-21(28-12-17)33-6-4-32(5-7-33)18-13-36-14-18/h1-2,10,12,15-16,18,25H,3-9,11,13-14H2,(H,29,35)/t16-/m1/s1. The van der Waals surface area contributed by atoms with Gasteiger partial charge in [-0.3, -0.25) is 14.3 Å². The number of ether oxygens (including phenoxy) is 2. The summed E-state index contributed by atoms with van der Waals surface area (Å²) >= 11 is 0. The molecule has 196 valence electrons. The summed E-state index contributed by atoms with van der Waals surface area (Å²) < 4.78 is 39.2. The molecule has 3 aromatic heterocycles. The van der Waals surface area contributed by atoms with Crippen LogP contribution in [0.3, 0.4) is 0 Å². The first-order chi connectivity index (χ1) is 18.0. The lowest BCUT2D eigenvalue weighted by Gasteiger charge is -2.42. The van der Waals surface area contributed by atoms with Gasteiger partial charge in [0.15, 0.2) is 0 Å². The third-order valence-corrected chi connectivity index (χ3v) is 7.38. The van der Waals surface area contributed by atoms with Crippen LogP contribution in [0.2, 0.25) is 0 Å². The number of halogens is 2. The highest BCUT2D eigenvalue weighted by atomic mass is 19.3. The minimum Gasteiger partial charge on any atom is -0.476 e. The lowest BCUT2D eigenvalue weighted by Crippen LogP contribution is -2.56. The van der Waals surface area contributed by atoms with Crippen LogP contribution < -0.4 is 15.0 Å². The molecule has 6 heterocycles. The lowest BCUT2D eigenvalue weighted by molar-refractivity contribution is -0.119. The largest absolute Gasteiger partial charge is 0.476 e. The van der Waals surface area contributed by atoms with Gasteiger partial charge in [-0.2, -0.15) is 8.78 Å². The fourth-order valence-corrected chi connectivity index (χ4v) is 5.09. The second kappa shape index (κ2) is 10.2. The highest BCUT2D eigenvalue weighted by Crippen LogP contribution is 2.32. The first-order valence-corrected chi connectivity index (χ1v) is 12.6. The van der Waals surface area contributed by atoms with E-state index >= 15 is 0 Å². The number of amides is 1. The quantitative estimate of drug-likeness (QED) is 0.490. The van der Waals surface area contributed by atoms with E-state index in [-0.39, 0.29) is 29.8 Å². The molecule has 3 fully saturated rings. The molecule has 1 atom stereocenters. The van der Waals surface area contributed by atoms with Gasteiger partial charge in [0.1, 0.15) is 17.7 Å². The Balaban J connectivity index is 1.19. The monoisotopic (exact) mass is 513 g/mol. The van der Waals surface area contributed by atoms with Crippen LogP contribution in [0.4, 0.5) is 14.6 Å². The molecule has 12 heteroatoms. The third kappa shape index (κ3) is 4.95. The molecule has 0 aliphatic carbocycles. The number of fused-ring (bicyclic) bond motifs is 1. The van der Waals surface area contributed by atoms with E-state index in [0.29, 0.717) is 36.6 Å². The molecule has 1 N–H and O–H groups in total. The summed E-state index contributed by atoms with van der Waals surface area (Å²) in [7, 11) is 0. The average molecular weight is 514 g/mol. The number of nitrogens with zero attached hydrogens (tertiary/aromatic N) is 6. The molecule has 3 aliphatic heterocycles. The maximum Gasteiger partial charge on any atom is 0.320 e. The van der Waals surface area contributed by atoms with E-state index in [4.69, 9.17) is 9.47 Å². The number of nitrogens with one attached hydrogen (secondary N) is 1. The van der Waals surface area contributed by atoms with E-state index in [2.05, 4.69) is 30.1 Å². The Morgan fingerprint density at radius 2 is 2.00 bits per heavy atom. The lowest BCUT2D eigenvalue weighted by atomic mass is 10.1. The fraction of sp³-hybridized carbons (Fsp3) is 0.520. The molecule has 3 aliphatic rings. The Morgan fingerprint density at radius 3 is 2.65 bits per heavy atom. The van der Waals surface area contributed by atoms with Crippen molar-refractivity contribution in [2.45, 2.75) is 25.4 Å². The summed E-state index contributed by atoms with van der Waals surface area (Å²) in [6, 6.07) is 6.12. The number of alkyl halides is 2. The molecule has 0 saturated carbocycles. The number of aromatic nitrogens is 4. The van der Waals surface area contributed by atoms with Crippen LogP contribution in [0, 0.1) is 5.92 Å². The van der Waals surface area contributed by atoms with Gasteiger partial charge in [-0.1, -0.05) is 0 Å². The second-order valence-electron chi connectivity index (χ2n) is 9.74. The summed E-state index contributed by atoms with van der Waals surface area (Å²) in [4.78, 5) is 29.6. The van der Waals surface area contributed by atoms with Crippen molar-refractivity contribution in [1.82, 2.24) is 29.7 Å². The number of carbonyl (C=O) groups is 1. The van der Waals surface area contributed by atoms with Gasteiger partial charge in [-0.05, 0) is 30.5 Å². The van der Waals surface area contributed by atoms with E-state index < -0.39 is 6.55 Å². The molecular formula is C25H29F2N7O3. The van der Waals surface area contributed by atoms with Crippen LogP contribution in [-0.4, -0.2) is 88.9 Å².